The molecule has 3 rings (SSSR count). The number of esters is 1. The molecule has 1 fully saturated rings. The molecule has 1 aliphatic carbocycles. The Morgan fingerprint density at radius 2 is 2.08 bits per heavy atom. The first-order valence-electron chi connectivity index (χ1n) is 8.53. The van der Waals surface area contributed by atoms with Crippen LogP contribution < -0.4 is 0 Å². The van der Waals surface area contributed by atoms with Gasteiger partial charge in [0.25, 0.3) is 10.0 Å². The third-order valence-electron chi connectivity index (χ3n) is 4.38. The molecule has 0 aromatic carbocycles. The van der Waals surface area contributed by atoms with E-state index >= 15 is 0 Å². The molecule has 0 radical (unpaired) electrons. The van der Waals surface area contributed by atoms with Crippen LogP contribution in [0.5, 0.6) is 0 Å². The fraction of sp³-hybridized carbons (Fsp3) is 0.588. The molecular formula is C17H23NO5S2. The fourth-order valence-corrected chi connectivity index (χ4v) is 5.82. The number of allylic oxidation sites excluding steroid dienone is 2. The highest BCUT2D eigenvalue weighted by atomic mass is 32.2. The highest BCUT2D eigenvalue weighted by Crippen LogP contribution is 2.26. The minimum Gasteiger partial charge on any atom is -0.465 e. The molecule has 0 saturated carbocycles. The summed E-state index contributed by atoms with van der Waals surface area (Å²) in [5.41, 5.74) is 0. The van der Waals surface area contributed by atoms with E-state index in [1.165, 1.54) is 4.31 Å². The van der Waals surface area contributed by atoms with E-state index in [9.17, 15) is 13.2 Å². The maximum atomic E-state index is 12.6. The van der Waals surface area contributed by atoms with Gasteiger partial charge in [-0.2, -0.15) is 4.31 Å². The molecule has 0 N–H and O–H groups in total. The van der Waals surface area contributed by atoms with Crippen LogP contribution >= 0.6 is 11.3 Å². The van der Waals surface area contributed by atoms with E-state index in [2.05, 4.69) is 12.2 Å². The molecule has 8 heteroatoms. The number of thiophene rings is 1. The molecule has 2 heterocycles. The first-order valence-corrected chi connectivity index (χ1v) is 10.8. The zero-order valence-corrected chi connectivity index (χ0v) is 15.7. The van der Waals surface area contributed by atoms with Crippen molar-refractivity contribution in [2.24, 2.45) is 5.92 Å². The lowest BCUT2D eigenvalue weighted by Gasteiger charge is -2.25. The van der Waals surface area contributed by atoms with E-state index in [0.717, 1.165) is 30.6 Å². The molecule has 1 atom stereocenters. The molecule has 2 aliphatic rings. The van der Waals surface area contributed by atoms with Crippen molar-refractivity contribution in [2.45, 2.75) is 29.9 Å². The fourth-order valence-electron chi connectivity index (χ4n) is 2.92. The standard InChI is InChI=1S/C17H23NO5S2/c19-16(23-13-14-4-2-1-3-5-14)12-15-6-7-17(24-15)25(20,21)18-8-10-22-11-9-18/h1-2,6-7,14H,3-5,8-13H2. The topological polar surface area (TPSA) is 72.9 Å². The number of hydrogen-bond acceptors (Lipinski definition) is 6. The van der Waals surface area contributed by atoms with Gasteiger partial charge in [0.1, 0.15) is 4.21 Å². The molecule has 1 aromatic rings. The second kappa shape index (κ2) is 8.44. The lowest BCUT2D eigenvalue weighted by atomic mass is 9.95. The lowest BCUT2D eigenvalue weighted by Crippen LogP contribution is -2.40. The molecule has 1 unspecified atom stereocenters. The summed E-state index contributed by atoms with van der Waals surface area (Å²) < 4.78 is 37.4. The summed E-state index contributed by atoms with van der Waals surface area (Å²) in [5.74, 6) is 0.0984. The van der Waals surface area contributed by atoms with Crippen LogP contribution in [-0.4, -0.2) is 51.6 Å². The van der Waals surface area contributed by atoms with Crippen LogP contribution in [0.3, 0.4) is 0 Å². The Hall–Kier alpha value is -1.22. The molecule has 1 aromatic heterocycles. The Labute approximate surface area is 152 Å². The van der Waals surface area contributed by atoms with Crippen molar-refractivity contribution in [2.75, 3.05) is 32.9 Å². The maximum absolute atomic E-state index is 12.6. The number of nitrogens with zero attached hydrogens (tertiary/aromatic N) is 1. The van der Waals surface area contributed by atoms with Crippen molar-refractivity contribution >= 4 is 27.3 Å². The first-order chi connectivity index (χ1) is 12.1. The average molecular weight is 386 g/mol. The van der Waals surface area contributed by atoms with Gasteiger partial charge in [-0.25, -0.2) is 8.42 Å². The Kier molecular flexibility index (Phi) is 6.27. The molecule has 1 saturated heterocycles. The summed E-state index contributed by atoms with van der Waals surface area (Å²) >= 11 is 1.14. The molecule has 0 bridgehead atoms. The Balaban J connectivity index is 1.53. The van der Waals surface area contributed by atoms with Crippen LogP contribution in [0.25, 0.3) is 0 Å². The summed E-state index contributed by atoms with van der Waals surface area (Å²) in [6.45, 7) is 2.01. The predicted molar refractivity (Wildman–Crippen MR) is 95.0 cm³/mol. The second-order valence-corrected chi connectivity index (χ2v) is 9.58. The Morgan fingerprint density at radius 1 is 1.28 bits per heavy atom. The van der Waals surface area contributed by atoms with E-state index in [1.54, 1.807) is 12.1 Å². The van der Waals surface area contributed by atoms with Gasteiger partial charge in [0.05, 0.1) is 26.2 Å². The Morgan fingerprint density at radius 3 is 2.80 bits per heavy atom. The molecular weight excluding hydrogens is 362 g/mol. The third-order valence-corrected chi connectivity index (χ3v) is 7.83. The van der Waals surface area contributed by atoms with Crippen LogP contribution in [0, 0.1) is 5.92 Å². The van der Waals surface area contributed by atoms with Crippen LogP contribution in [0.4, 0.5) is 0 Å². The number of hydrogen-bond donors (Lipinski definition) is 0. The second-order valence-electron chi connectivity index (χ2n) is 6.25. The van der Waals surface area contributed by atoms with Gasteiger partial charge in [0, 0.05) is 18.0 Å². The van der Waals surface area contributed by atoms with Gasteiger partial charge >= 0.3 is 5.97 Å². The summed E-state index contributed by atoms with van der Waals surface area (Å²) in [5, 5.41) is 0. The van der Waals surface area contributed by atoms with E-state index in [-0.39, 0.29) is 16.6 Å². The van der Waals surface area contributed by atoms with Crippen molar-refractivity contribution in [3.8, 4) is 0 Å². The highest BCUT2D eigenvalue weighted by molar-refractivity contribution is 7.91. The first kappa shape index (κ1) is 18.6. The smallest absolute Gasteiger partial charge is 0.311 e. The molecule has 1 aliphatic heterocycles. The number of carbonyl (C=O) groups is 1. The molecule has 138 valence electrons. The van der Waals surface area contributed by atoms with Crippen molar-refractivity contribution in [3.63, 3.8) is 0 Å². The molecule has 6 nitrogen and oxygen atoms in total. The molecule has 0 amide bonds. The number of sulfonamides is 1. The monoisotopic (exact) mass is 385 g/mol. The minimum absolute atomic E-state index is 0.117. The molecule has 25 heavy (non-hydrogen) atoms. The van der Waals surface area contributed by atoms with E-state index in [1.807, 2.05) is 0 Å². The number of ether oxygens (including phenoxy) is 2. The minimum atomic E-state index is -3.49. The summed E-state index contributed by atoms with van der Waals surface area (Å²) in [6, 6.07) is 3.27. The van der Waals surface area contributed by atoms with Gasteiger partial charge < -0.3 is 9.47 Å². The van der Waals surface area contributed by atoms with Crippen molar-refractivity contribution in [3.05, 3.63) is 29.2 Å². The summed E-state index contributed by atoms with van der Waals surface area (Å²) in [6.07, 6.45) is 7.44. The average Bonchev–Trinajstić information content (AvgIpc) is 3.11. The lowest BCUT2D eigenvalue weighted by molar-refractivity contribution is -0.144. The number of morpholine rings is 1. The van der Waals surface area contributed by atoms with Crippen LogP contribution in [0.15, 0.2) is 28.5 Å². The normalized spacial score (nSPS) is 22.0. The maximum Gasteiger partial charge on any atom is 0.311 e. The zero-order valence-electron chi connectivity index (χ0n) is 14.1. The Bertz CT molecular complexity index is 719. The van der Waals surface area contributed by atoms with Gasteiger partial charge in [0.15, 0.2) is 0 Å². The predicted octanol–water partition coefficient (Wildman–Crippen LogP) is 2.21. The SMILES string of the molecule is O=C(Cc1ccc(S(=O)(=O)N2CCOCC2)s1)OCC1CC=CCC1. The number of rotatable bonds is 6. The number of carbonyl (C=O) groups excluding carboxylic acids is 1. The van der Waals surface area contributed by atoms with Gasteiger partial charge in [0.2, 0.25) is 0 Å². The van der Waals surface area contributed by atoms with Gasteiger partial charge in [-0.1, -0.05) is 12.2 Å². The van der Waals surface area contributed by atoms with Crippen LogP contribution in [0.2, 0.25) is 0 Å². The van der Waals surface area contributed by atoms with Gasteiger partial charge in [-0.3, -0.25) is 4.79 Å². The van der Waals surface area contributed by atoms with Gasteiger partial charge in [-0.05, 0) is 37.3 Å². The van der Waals surface area contributed by atoms with E-state index < -0.39 is 10.0 Å². The van der Waals surface area contributed by atoms with Crippen LogP contribution in [0.1, 0.15) is 24.1 Å². The van der Waals surface area contributed by atoms with Gasteiger partial charge in [-0.15, -0.1) is 11.3 Å². The largest absolute Gasteiger partial charge is 0.465 e. The quantitative estimate of drug-likeness (QED) is 0.554. The molecule has 0 spiro atoms. The van der Waals surface area contributed by atoms with Crippen molar-refractivity contribution < 1.29 is 22.7 Å². The van der Waals surface area contributed by atoms with E-state index in [4.69, 9.17) is 9.47 Å². The summed E-state index contributed by atoms with van der Waals surface area (Å²) in [7, 11) is -3.49. The zero-order chi connectivity index (χ0) is 17.7. The van der Waals surface area contributed by atoms with Crippen LogP contribution in [-0.2, 0) is 30.7 Å². The highest BCUT2D eigenvalue weighted by Gasteiger charge is 2.28. The van der Waals surface area contributed by atoms with Crippen molar-refractivity contribution in [1.82, 2.24) is 4.31 Å². The van der Waals surface area contributed by atoms with Crippen molar-refractivity contribution in [1.29, 1.82) is 0 Å². The third kappa shape index (κ3) is 4.91. The summed E-state index contributed by atoms with van der Waals surface area (Å²) in [4.78, 5) is 12.7. The van der Waals surface area contributed by atoms with E-state index in [0.29, 0.717) is 43.7 Å².